The summed E-state index contributed by atoms with van der Waals surface area (Å²) in [5.74, 6) is -0.208. The number of carbonyl (C=O) groups is 4. The minimum atomic E-state index is -4.09. The number of fused-ring (bicyclic) bond motifs is 10. The van der Waals surface area contributed by atoms with E-state index in [9.17, 15) is 27.9 Å². The summed E-state index contributed by atoms with van der Waals surface area (Å²) in [7, 11) is 1.87. The molecular formula is C68H70N8O13S. The molecule has 8 aromatic rings. The molecule has 2 saturated heterocycles. The molecule has 0 radical (unpaired) electrons. The second-order valence-electron chi connectivity index (χ2n) is 24.5. The summed E-state index contributed by atoms with van der Waals surface area (Å²) in [5.41, 5.74) is 11.2. The summed E-state index contributed by atoms with van der Waals surface area (Å²) >= 11 is 0. The first-order valence-electron chi connectivity index (χ1n) is 30.9. The lowest BCUT2D eigenvalue weighted by atomic mass is 9.74. The topological polar surface area (TPSA) is 243 Å². The number of rotatable bonds is 13. The zero-order valence-electron chi connectivity index (χ0n) is 50.7. The number of oxazole rings is 2. The number of hydrogen-bond acceptors (Lipinski definition) is 14. The number of nitrogens with one attached hydrogen (secondary N) is 1. The van der Waals surface area contributed by atoms with Crippen LogP contribution in [0.25, 0.3) is 67.6 Å². The van der Waals surface area contributed by atoms with Crippen molar-refractivity contribution < 1.29 is 60.5 Å². The summed E-state index contributed by atoms with van der Waals surface area (Å²) in [6, 6.07) is 22.6. The fourth-order valence-corrected chi connectivity index (χ4v) is 15.3. The SMILES string of the molecule is COc1ccc2c(c1)C=C(c1ocnc1C(=O)N1CCOC(C3CCCC(c4c5n(c6cc(C(=O)O)ccc46)CC(c4ocnc4C(=O)N4CCOCC4)=Cc4cc(OC)ccc4-5)C3)C1)Cn1c-2c(C2CCCCC2)c2ccc(C(=O)NS(=O)(=O)N(C)C)cc21. The molecule has 6 aliphatic rings. The fraction of sp³-hybridized carbons (Fsp3) is 0.382. The highest BCUT2D eigenvalue weighted by Crippen LogP contribution is 2.51. The quantitative estimate of drug-likeness (QED) is 0.109. The molecule has 4 aliphatic heterocycles. The number of amides is 3. The van der Waals surface area contributed by atoms with E-state index in [2.05, 4.69) is 29.9 Å². The number of nitrogens with zero attached hydrogens (tertiary/aromatic N) is 7. The number of carboxylic acids is 1. The van der Waals surface area contributed by atoms with E-state index in [1.54, 1.807) is 43.4 Å². The van der Waals surface area contributed by atoms with Crippen LogP contribution < -0.4 is 14.2 Å². The van der Waals surface area contributed by atoms with E-state index in [0.29, 0.717) is 80.2 Å². The molecule has 8 heterocycles. The predicted octanol–water partition coefficient (Wildman–Crippen LogP) is 10.6. The van der Waals surface area contributed by atoms with Crippen LogP contribution in [0.2, 0.25) is 0 Å². The average Bonchev–Trinajstić information content (AvgIpc) is 1.60. The first kappa shape index (κ1) is 58.8. The van der Waals surface area contributed by atoms with E-state index in [-0.39, 0.29) is 71.3 Å². The third-order valence-electron chi connectivity index (χ3n) is 19.2. The van der Waals surface area contributed by atoms with Gasteiger partial charge in [-0.1, -0.05) is 37.8 Å². The summed E-state index contributed by atoms with van der Waals surface area (Å²) < 4.78 is 69.7. The Kier molecular flexibility index (Phi) is 15.6. The number of benzene rings is 4. The van der Waals surface area contributed by atoms with Gasteiger partial charge in [-0.05, 0) is 145 Å². The van der Waals surface area contributed by atoms with Gasteiger partial charge in [-0.25, -0.2) is 19.5 Å². The van der Waals surface area contributed by atoms with Crippen molar-refractivity contribution in [3.8, 4) is 34.0 Å². The second kappa shape index (κ2) is 23.8. The molecule has 2 N–H and O–H groups in total. The Labute approximate surface area is 520 Å². The number of ether oxygens (including phenoxy) is 4. The number of aromatic nitrogens is 4. The smallest absolute Gasteiger partial charge is 0.335 e. The number of methoxy groups -OCH3 is 2. The van der Waals surface area contributed by atoms with Crippen molar-refractivity contribution >= 4 is 79.0 Å². The Hall–Kier alpha value is -8.83. The lowest BCUT2D eigenvalue weighted by Gasteiger charge is -2.40. The van der Waals surface area contributed by atoms with Crippen LogP contribution in [0, 0.1) is 5.92 Å². The van der Waals surface area contributed by atoms with Crippen molar-refractivity contribution in [3.63, 3.8) is 0 Å². The Morgan fingerprint density at radius 3 is 1.77 bits per heavy atom. The molecule has 3 atom stereocenters. The summed E-state index contributed by atoms with van der Waals surface area (Å²) in [5, 5.41) is 12.3. The molecular weight excluding hydrogens is 1170 g/mol. The molecule has 2 saturated carbocycles. The maximum Gasteiger partial charge on any atom is 0.335 e. The van der Waals surface area contributed by atoms with E-state index < -0.39 is 22.1 Å². The average molecular weight is 1240 g/mol. The van der Waals surface area contributed by atoms with Gasteiger partial charge < -0.3 is 51.8 Å². The van der Waals surface area contributed by atoms with Gasteiger partial charge in [-0.15, -0.1) is 0 Å². The molecule has 4 aromatic heterocycles. The van der Waals surface area contributed by atoms with Gasteiger partial charge in [-0.3, -0.25) is 14.4 Å². The second-order valence-corrected chi connectivity index (χ2v) is 26.4. The highest BCUT2D eigenvalue weighted by molar-refractivity contribution is 7.87. The fourth-order valence-electron chi connectivity index (χ4n) is 14.8. The molecule has 2 aliphatic carbocycles. The number of carboxylic acid groups (broad SMARTS) is 1. The first-order chi connectivity index (χ1) is 43.7. The zero-order chi connectivity index (χ0) is 62.1. The van der Waals surface area contributed by atoms with Crippen LogP contribution in [0.5, 0.6) is 11.5 Å². The summed E-state index contributed by atoms with van der Waals surface area (Å²) in [6.45, 7) is 3.09. The van der Waals surface area contributed by atoms with Gasteiger partial charge in [0.15, 0.2) is 35.7 Å². The molecule has 0 spiro atoms. The first-order valence-corrected chi connectivity index (χ1v) is 32.3. The Morgan fingerprint density at radius 1 is 0.644 bits per heavy atom. The largest absolute Gasteiger partial charge is 0.497 e. The van der Waals surface area contributed by atoms with Crippen LogP contribution in [0.3, 0.4) is 0 Å². The number of hydrogen-bond donors (Lipinski definition) is 2. The van der Waals surface area contributed by atoms with Gasteiger partial charge in [0.05, 0.1) is 70.2 Å². The van der Waals surface area contributed by atoms with Gasteiger partial charge in [0.25, 0.3) is 17.7 Å². The van der Waals surface area contributed by atoms with Crippen molar-refractivity contribution in [2.24, 2.45) is 5.92 Å². The van der Waals surface area contributed by atoms with Gasteiger partial charge in [0.2, 0.25) is 0 Å². The van der Waals surface area contributed by atoms with E-state index in [0.717, 1.165) is 129 Å². The van der Waals surface area contributed by atoms with Crippen molar-refractivity contribution in [2.75, 3.05) is 74.3 Å². The van der Waals surface area contributed by atoms with Crippen LogP contribution in [0.15, 0.2) is 94.4 Å². The molecule has 0 bridgehead atoms. The Morgan fingerprint density at radius 2 is 1.19 bits per heavy atom. The van der Waals surface area contributed by atoms with E-state index in [1.807, 2.05) is 59.5 Å². The molecule has 3 unspecified atom stereocenters. The number of allylic oxidation sites excluding steroid dienone is 2. The maximum absolute atomic E-state index is 15.3. The minimum Gasteiger partial charge on any atom is -0.497 e. The van der Waals surface area contributed by atoms with Crippen molar-refractivity contribution in [3.05, 3.63) is 142 Å². The molecule has 90 heavy (non-hydrogen) atoms. The van der Waals surface area contributed by atoms with Crippen molar-refractivity contribution in [1.82, 2.24) is 37.9 Å². The molecule has 466 valence electrons. The highest BCUT2D eigenvalue weighted by Gasteiger charge is 2.40. The van der Waals surface area contributed by atoms with E-state index in [1.165, 1.54) is 26.9 Å². The monoisotopic (exact) mass is 1240 g/mol. The van der Waals surface area contributed by atoms with Gasteiger partial charge in [-0.2, -0.15) is 12.7 Å². The maximum atomic E-state index is 15.3. The summed E-state index contributed by atoms with van der Waals surface area (Å²) in [4.78, 5) is 68.6. The van der Waals surface area contributed by atoms with E-state index in [4.69, 9.17) is 27.8 Å². The van der Waals surface area contributed by atoms with Crippen LogP contribution in [-0.2, 0) is 32.8 Å². The minimum absolute atomic E-state index is 0.0104. The molecule has 21 nitrogen and oxygen atoms in total. The third kappa shape index (κ3) is 10.5. The molecule has 4 fully saturated rings. The van der Waals surface area contributed by atoms with Crippen molar-refractivity contribution in [1.29, 1.82) is 0 Å². The highest BCUT2D eigenvalue weighted by atomic mass is 32.2. The lowest BCUT2D eigenvalue weighted by molar-refractivity contribution is -0.0579. The Balaban J connectivity index is 0.789. The molecule has 14 rings (SSSR count). The van der Waals surface area contributed by atoms with E-state index >= 15 is 4.79 Å². The number of aromatic carboxylic acids is 1. The van der Waals surface area contributed by atoms with Crippen molar-refractivity contribution in [2.45, 2.75) is 88.8 Å². The van der Waals surface area contributed by atoms with Crippen LogP contribution in [0.4, 0.5) is 0 Å². The predicted molar refractivity (Wildman–Crippen MR) is 337 cm³/mol. The molecule has 22 heteroatoms. The lowest BCUT2D eigenvalue weighted by Crippen LogP contribution is -2.49. The van der Waals surface area contributed by atoms with Crippen LogP contribution in [0.1, 0.15) is 145 Å². The summed E-state index contributed by atoms with van der Waals surface area (Å²) in [6.07, 6.45) is 14.9. The van der Waals surface area contributed by atoms with Gasteiger partial charge >= 0.3 is 16.2 Å². The van der Waals surface area contributed by atoms with Gasteiger partial charge in [0.1, 0.15) is 11.5 Å². The standard InChI is InChI=1S/C68H70N8O13S/c1-72(2)90(82,83)71-65(77)42-13-17-52-54(32-42)75-34-47(28-44-30-48(84-3)15-19-50(44)61(75)57(52)39-9-6-5-7-10-39)64-60(70-38-89-64)67(79)74-23-26-87-56(36-74)40-11-8-12-41(27-40)58-53-18-14-43(68(80)81)33-55(53)76-35-46(29-45-31-49(85-4)16-20-51(45)62(58)76)63-59(69-37-88-63)66(78)73-21-24-86-25-22-73/h13-20,28-33,37-41,56H,5-12,21-27,34-36H2,1-4H3,(H,71,77)(H,80,81). The van der Waals surface area contributed by atoms with Crippen LogP contribution >= 0.6 is 0 Å². The van der Waals surface area contributed by atoms with Gasteiger partial charge in [0, 0.05) is 89.9 Å². The number of morpholine rings is 2. The zero-order valence-corrected chi connectivity index (χ0v) is 51.5. The molecule has 4 aromatic carbocycles. The van der Waals surface area contributed by atoms with Crippen LogP contribution in [-0.4, -0.2) is 151 Å². The molecule has 3 amide bonds. The normalized spacial score (nSPS) is 19.7. The Bertz CT molecular complexity index is 4380. The third-order valence-corrected chi connectivity index (χ3v) is 20.6. The number of carbonyl (C=O) groups excluding carboxylic acids is 3.